The molecule has 1 amide bonds. The Balaban J connectivity index is 1.53. The molecule has 0 spiro atoms. The topological polar surface area (TPSA) is 58.1 Å². The molecule has 1 N–H and O–H groups in total. The van der Waals surface area contributed by atoms with Crippen molar-refractivity contribution in [2.45, 2.75) is 63.6 Å². The Morgan fingerprint density at radius 2 is 1.73 bits per heavy atom. The van der Waals surface area contributed by atoms with Gasteiger partial charge in [0.15, 0.2) is 0 Å². The minimum Gasteiger partial charge on any atom is -0.356 e. The van der Waals surface area contributed by atoms with Gasteiger partial charge in [-0.1, -0.05) is 25.7 Å². The molecule has 0 bridgehead atoms. The summed E-state index contributed by atoms with van der Waals surface area (Å²) >= 11 is 0. The number of aromatic nitrogens is 2. The number of carbonyl (C=O) groups excluding carboxylic acids is 1. The molecule has 144 valence electrons. The van der Waals surface area contributed by atoms with E-state index in [1.807, 2.05) is 0 Å². The second kappa shape index (κ2) is 8.22. The van der Waals surface area contributed by atoms with E-state index in [-0.39, 0.29) is 23.7 Å². The number of hydrogen-bond donors (Lipinski definition) is 1. The van der Waals surface area contributed by atoms with Gasteiger partial charge in [-0.05, 0) is 31.7 Å². The summed E-state index contributed by atoms with van der Waals surface area (Å²) in [6.45, 7) is 1.05. The van der Waals surface area contributed by atoms with Gasteiger partial charge in [-0.25, -0.2) is 9.97 Å². The number of nitrogens with one attached hydrogen (secondary N) is 1. The quantitative estimate of drug-likeness (QED) is 0.827. The maximum absolute atomic E-state index is 12.8. The standard InChI is InChI=1S/C18H25F3N4O/c19-18(20,21)17-22-10-7-15(24-17)25-11-8-13(9-12-25)16(26)23-14-5-3-1-2-4-6-14/h7,10,13-14H,1-6,8-9,11-12H2,(H,23,26). The van der Waals surface area contributed by atoms with Crippen LogP contribution in [-0.4, -0.2) is 35.0 Å². The van der Waals surface area contributed by atoms with E-state index in [1.54, 1.807) is 4.90 Å². The van der Waals surface area contributed by atoms with E-state index in [9.17, 15) is 18.0 Å². The second-order valence-electron chi connectivity index (χ2n) is 7.19. The van der Waals surface area contributed by atoms with Gasteiger partial charge in [0, 0.05) is 31.2 Å². The lowest BCUT2D eigenvalue weighted by Crippen LogP contribution is -2.44. The Bertz CT molecular complexity index is 607. The summed E-state index contributed by atoms with van der Waals surface area (Å²) in [5.74, 6) is -0.827. The van der Waals surface area contributed by atoms with Crippen LogP contribution in [0.15, 0.2) is 12.3 Å². The van der Waals surface area contributed by atoms with Crippen molar-refractivity contribution in [3.8, 4) is 0 Å². The zero-order valence-corrected chi connectivity index (χ0v) is 14.8. The molecule has 1 aromatic heterocycles. The number of piperidine rings is 1. The number of alkyl halides is 3. The fourth-order valence-electron chi connectivity index (χ4n) is 3.78. The summed E-state index contributed by atoms with van der Waals surface area (Å²) in [5, 5.41) is 3.18. The van der Waals surface area contributed by atoms with Crippen LogP contribution in [0.1, 0.15) is 57.2 Å². The number of nitrogens with zero attached hydrogens (tertiary/aromatic N) is 3. The Morgan fingerprint density at radius 1 is 1.08 bits per heavy atom. The molecule has 8 heteroatoms. The first kappa shape index (κ1) is 18.9. The van der Waals surface area contributed by atoms with Crippen molar-refractivity contribution < 1.29 is 18.0 Å². The zero-order valence-electron chi connectivity index (χ0n) is 14.8. The molecule has 3 rings (SSSR count). The van der Waals surface area contributed by atoms with Gasteiger partial charge in [-0.15, -0.1) is 0 Å². The number of carbonyl (C=O) groups is 1. The molecule has 0 radical (unpaired) electrons. The monoisotopic (exact) mass is 370 g/mol. The van der Waals surface area contributed by atoms with Gasteiger partial charge in [0.25, 0.3) is 0 Å². The van der Waals surface area contributed by atoms with E-state index in [0.29, 0.717) is 25.9 Å². The summed E-state index contributed by atoms with van der Waals surface area (Å²) in [6, 6.07) is 1.76. The van der Waals surface area contributed by atoms with Gasteiger partial charge >= 0.3 is 6.18 Å². The summed E-state index contributed by atoms with van der Waals surface area (Å²) in [4.78, 5) is 21.2. The highest BCUT2D eigenvalue weighted by molar-refractivity contribution is 5.79. The SMILES string of the molecule is O=C(NC1CCCCCC1)C1CCN(c2ccnc(C(F)(F)F)n2)CC1. The fourth-order valence-corrected chi connectivity index (χ4v) is 3.78. The average Bonchev–Trinajstić information content (AvgIpc) is 2.90. The molecule has 1 saturated carbocycles. The van der Waals surface area contributed by atoms with Crippen LogP contribution < -0.4 is 10.2 Å². The second-order valence-corrected chi connectivity index (χ2v) is 7.19. The zero-order chi connectivity index (χ0) is 18.6. The van der Waals surface area contributed by atoms with Crippen LogP contribution in [0, 0.1) is 5.92 Å². The Morgan fingerprint density at radius 3 is 2.35 bits per heavy atom. The van der Waals surface area contributed by atoms with Crippen molar-refractivity contribution in [3.63, 3.8) is 0 Å². The third-order valence-electron chi connectivity index (χ3n) is 5.29. The van der Waals surface area contributed by atoms with Crippen LogP contribution in [0.5, 0.6) is 0 Å². The minimum absolute atomic E-state index is 0.0709. The molecule has 26 heavy (non-hydrogen) atoms. The van der Waals surface area contributed by atoms with Crippen LogP contribution in [-0.2, 0) is 11.0 Å². The summed E-state index contributed by atoms with van der Waals surface area (Å²) in [7, 11) is 0. The molecular weight excluding hydrogens is 345 g/mol. The predicted octanol–water partition coefficient (Wildman–Crippen LogP) is 3.55. The predicted molar refractivity (Wildman–Crippen MR) is 91.6 cm³/mol. The van der Waals surface area contributed by atoms with Gasteiger partial charge in [-0.3, -0.25) is 4.79 Å². The molecule has 2 fully saturated rings. The molecule has 0 aromatic carbocycles. The molecule has 2 heterocycles. The Kier molecular flexibility index (Phi) is 5.98. The molecule has 1 aliphatic carbocycles. The third-order valence-corrected chi connectivity index (χ3v) is 5.29. The van der Waals surface area contributed by atoms with E-state index in [4.69, 9.17) is 0 Å². The van der Waals surface area contributed by atoms with Crippen LogP contribution in [0.25, 0.3) is 0 Å². The van der Waals surface area contributed by atoms with Crippen molar-refractivity contribution in [1.82, 2.24) is 15.3 Å². The highest BCUT2D eigenvalue weighted by Crippen LogP contribution is 2.28. The van der Waals surface area contributed by atoms with Crippen molar-refractivity contribution in [1.29, 1.82) is 0 Å². The van der Waals surface area contributed by atoms with E-state index in [2.05, 4.69) is 15.3 Å². The number of amides is 1. The van der Waals surface area contributed by atoms with Gasteiger partial charge in [0.1, 0.15) is 5.82 Å². The average molecular weight is 370 g/mol. The van der Waals surface area contributed by atoms with E-state index in [1.165, 1.54) is 31.7 Å². The largest absolute Gasteiger partial charge is 0.451 e. The number of halogens is 3. The maximum Gasteiger partial charge on any atom is 0.451 e. The van der Waals surface area contributed by atoms with Crippen LogP contribution in [0.2, 0.25) is 0 Å². The summed E-state index contributed by atoms with van der Waals surface area (Å²) in [6.07, 6.45) is 4.75. The van der Waals surface area contributed by atoms with Crippen LogP contribution in [0.3, 0.4) is 0 Å². The van der Waals surface area contributed by atoms with Crippen molar-refractivity contribution in [2.24, 2.45) is 5.92 Å². The van der Waals surface area contributed by atoms with E-state index >= 15 is 0 Å². The molecule has 1 aliphatic heterocycles. The molecule has 5 nitrogen and oxygen atoms in total. The van der Waals surface area contributed by atoms with Gasteiger partial charge in [-0.2, -0.15) is 13.2 Å². The lowest BCUT2D eigenvalue weighted by Gasteiger charge is -2.33. The summed E-state index contributed by atoms with van der Waals surface area (Å²) < 4.78 is 38.3. The first-order chi connectivity index (χ1) is 12.4. The van der Waals surface area contributed by atoms with Crippen LogP contribution >= 0.6 is 0 Å². The highest BCUT2D eigenvalue weighted by atomic mass is 19.4. The molecular formula is C18H25F3N4O. The smallest absolute Gasteiger partial charge is 0.356 e. The Hall–Kier alpha value is -1.86. The highest BCUT2D eigenvalue weighted by Gasteiger charge is 2.35. The first-order valence-corrected chi connectivity index (χ1v) is 9.39. The number of anilines is 1. The third kappa shape index (κ3) is 4.86. The fraction of sp³-hybridized carbons (Fsp3) is 0.722. The van der Waals surface area contributed by atoms with Gasteiger partial charge in [0.05, 0.1) is 0 Å². The van der Waals surface area contributed by atoms with Crippen molar-refractivity contribution >= 4 is 11.7 Å². The number of hydrogen-bond acceptors (Lipinski definition) is 4. The van der Waals surface area contributed by atoms with Gasteiger partial charge in [0.2, 0.25) is 11.7 Å². The molecule has 1 aromatic rings. The normalized spacial score (nSPS) is 20.7. The van der Waals surface area contributed by atoms with Crippen molar-refractivity contribution in [2.75, 3.05) is 18.0 Å². The van der Waals surface area contributed by atoms with Crippen molar-refractivity contribution in [3.05, 3.63) is 18.1 Å². The maximum atomic E-state index is 12.8. The summed E-state index contributed by atoms with van der Waals surface area (Å²) in [5.41, 5.74) is 0. The van der Waals surface area contributed by atoms with E-state index < -0.39 is 12.0 Å². The van der Waals surface area contributed by atoms with E-state index in [0.717, 1.165) is 19.0 Å². The lowest BCUT2D eigenvalue weighted by molar-refractivity contribution is -0.144. The van der Waals surface area contributed by atoms with Crippen LogP contribution in [0.4, 0.5) is 19.0 Å². The molecule has 1 saturated heterocycles. The molecule has 2 aliphatic rings. The van der Waals surface area contributed by atoms with Gasteiger partial charge < -0.3 is 10.2 Å². The molecule has 0 unspecified atom stereocenters. The molecule has 0 atom stereocenters. The number of rotatable bonds is 3. The minimum atomic E-state index is -4.55. The lowest BCUT2D eigenvalue weighted by atomic mass is 9.95. The first-order valence-electron chi connectivity index (χ1n) is 9.39. The Labute approximate surface area is 151 Å².